The van der Waals surface area contributed by atoms with E-state index in [1.807, 2.05) is 30.7 Å². The number of nitrogens with zero attached hydrogens (tertiary/aromatic N) is 2. The highest BCUT2D eigenvalue weighted by Crippen LogP contribution is 2.23. The van der Waals surface area contributed by atoms with E-state index < -0.39 is 0 Å². The molecule has 5 heteroatoms. The maximum Gasteiger partial charge on any atom is 0.124 e. The minimum atomic E-state index is -0.282. The second-order valence-corrected chi connectivity index (χ2v) is 5.80. The first-order valence-corrected chi connectivity index (χ1v) is 8.11. The van der Waals surface area contributed by atoms with Crippen molar-refractivity contribution >= 4 is 11.8 Å². The van der Waals surface area contributed by atoms with Crippen molar-refractivity contribution in [1.82, 2.24) is 9.78 Å². The molecule has 3 aromatic rings. The van der Waals surface area contributed by atoms with Gasteiger partial charge < -0.3 is 5.73 Å². The maximum absolute atomic E-state index is 13.6. The molecule has 0 spiro atoms. The Morgan fingerprint density at radius 2 is 1.91 bits per heavy atom. The maximum atomic E-state index is 13.6. The molecular formula is C17H16FN3S. The first-order chi connectivity index (χ1) is 10.7. The largest absolute Gasteiger partial charge is 0.326 e. The molecule has 0 bridgehead atoms. The number of hydrogen-bond donors (Lipinski definition) is 1. The van der Waals surface area contributed by atoms with Crippen LogP contribution in [0.1, 0.15) is 5.56 Å². The lowest BCUT2D eigenvalue weighted by atomic mass is 10.1. The molecule has 0 amide bonds. The van der Waals surface area contributed by atoms with Crippen LogP contribution in [0.4, 0.5) is 4.39 Å². The van der Waals surface area contributed by atoms with Crippen LogP contribution in [0.3, 0.4) is 0 Å². The van der Waals surface area contributed by atoms with Crippen molar-refractivity contribution in [2.45, 2.75) is 11.4 Å². The molecule has 0 atom stereocenters. The van der Waals surface area contributed by atoms with E-state index in [0.29, 0.717) is 6.54 Å². The second kappa shape index (κ2) is 6.34. The number of rotatable bonds is 4. The standard InChI is InChI=1S/C17H16FN3S/c1-22-17-4-2-16(3-5-17)21-11-14(10-20-21)13-6-12(9-19)7-15(18)8-13/h2-8,10-11H,9,19H2,1H3. The Balaban J connectivity index is 1.94. The fourth-order valence-electron chi connectivity index (χ4n) is 2.28. The molecule has 2 aromatic carbocycles. The highest BCUT2D eigenvalue weighted by atomic mass is 32.2. The molecule has 0 unspecified atom stereocenters. The fourth-order valence-corrected chi connectivity index (χ4v) is 2.69. The molecule has 3 nitrogen and oxygen atoms in total. The van der Waals surface area contributed by atoms with Gasteiger partial charge in [0, 0.05) is 23.2 Å². The van der Waals surface area contributed by atoms with Crippen molar-refractivity contribution in [3.8, 4) is 16.8 Å². The average molecular weight is 313 g/mol. The van der Waals surface area contributed by atoms with Crippen molar-refractivity contribution in [3.05, 3.63) is 66.2 Å². The van der Waals surface area contributed by atoms with Gasteiger partial charge in [0.15, 0.2) is 0 Å². The van der Waals surface area contributed by atoms with Gasteiger partial charge in [0.1, 0.15) is 5.82 Å². The Labute approximate surface area is 133 Å². The van der Waals surface area contributed by atoms with Gasteiger partial charge in [-0.3, -0.25) is 0 Å². The number of aromatic nitrogens is 2. The third-order valence-electron chi connectivity index (χ3n) is 3.45. The summed E-state index contributed by atoms with van der Waals surface area (Å²) in [5.74, 6) is -0.282. The van der Waals surface area contributed by atoms with Crippen LogP contribution < -0.4 is 5.73 Å². The van der Waals surface area contributed by atoms with E-state index >= 15 is 0 Å². The summed E-state index contributed by atoms with van der Waals surface area (Å²) in [4.78, 5) is 1.20. The summed E-state index contributed by atoms with van der Waals surface area (Å²) in [7, 11) is 0. The number of halogens is 1. The third kappa shape index (κ3) is 3.05. The Kier molecular flexibility index (Phi) is 4.27. The van der Waals surface area contributed by atoms with Gasteiger partial charge in [-0.2, -0.15) is 5.10 Å². The van der Waals surface area contributed by atoms with E-state index in [0.717, 1.165) is 22.4 Å². The van der Waals surface area contributed by atoms with Crippen LogP contribution >= 0.6 is 11.8 Å². The van der Waals surface area contributed by atoms with E-state index in [1.165, 1.54) is 17.0 Å². The molecule has 3 rings (SSSR count). The molecule has 0 fully saturated rings. The van der Waals surface area contributed by atoms with E-state index in [-0.39, 0.29) is 5.82 Å². The zero-order valence-corrected chi connectivity index (χ0v) is 13.0. The molecular weight excluding hydrogens is 297 g/mol. The smallest absolute Gasteiger partial charge is 0.124 e. The van der Waals surface area contributed by atoms with Crippen molar-refractivity contribution < 1.29 is 4.39 Å². The zero-order chi connectivity index (χ0) is 15.5. The molecule has 0 saturated heterocycles. The molecule has 0 saturated carbocycles. The van der Waals surface area contributed by atoms with E-state index in [1.54, 1.807) is 22.6 Å². The molecule has 1 aromatic heterocycles. The Bertz CT molecular complexity index is 781. The summed E-state index contributed by atoms with van der Waals surface area (Å²) in [5.41, 5.74) is 8.99. The minimum absolute atomic E-state index is 0.282. The first-order valence-electron chi connectivity index (χ1n) is 6.88. The molecule has 0 radical (unpaired) electrons. The lowest BCUT2D eigenvalue weighted by Crippen LogP contribution is -1.97. The van der Waals surface area contributed by atoms with Crippen LogP contribution in [0.5, 0.6) is 0 Å². The van der Waals surface area contributed by atoms with Gasteiger partial charge in [-0.15, -0.1) is 11.8 Å². The van der Waals surface area contributed by atoms with Crippen molar-refractivity contribution in [2.75, 3.05) is 6.26 Å². The topological polar surface area (TPSA) is 43.8 Å². The highest BCUT2D eigenvalue weighted by molar-refractivity contribution is 7.98. The summed E-state index contributed by atoms with van der Waals surface area (Å²) < 4.78 is 15.4. The molecule has 22 heavy (non-hydrogen) atoms. The third-order valence-corrected chi connectivity index (χ3v) is 4.19. The van der Waals surface area contributed by atoms with E-state index in [4.69, 9.17) is 5.73 Å². The predicted octanol–water partition coefficient (Wildman–Crippen LogP) is 3.86. The van der Waals surface area contributed by atoms with Gasteiger partial charge in [-0.25, -0.2) is 9.07 Å². The quantitative estimate of drug-likeness (QED) is 0.744. The minimum Gasteiger partial charge on any atom is -0.326 e. The van der Waals surface area contributed by atoms with Crippen LogP contribution in [0.15, 0.2) is 59.8 Å². The van der Waals surface area contributed by atoms with Crippen molar-refractivity contribution in [2.24, 2.45) is 5.73 Å². The van der Waals surface area contributed by atoms with Gasteiger partial charge in [-0.1, -0.05) is 0 Å². The average Bonchev–Trinajstić information content (AvgIpc) is 3.04. The molecule has 112 valence electrons. The summed E-state index contributed by atoms with van der Waals surface area (Å²) in [5, 5.41) is 4.36. The van der Waals surface area contributed by atoms with Crippen LogP contribution in [0.2, 0.25) is 0 Å². The molecule has 0 aliphatic carbocycles. The number of benzene rings is 2. The second-order valence-electron chi connectivity index (χ2n) is 4.92. The summed E-state index contributed by atoms with van der Waals surface area (Å²) in [6.07, 6.45) is 5.67. The summed E-state index contributed by atoms with van der Waals surface area (Å²) in [6, 6.07) is 13.0. The van der Waals surface area contributed by atoms with Gasteiger partial charge in [0.25, 0.3) is 0 Å². The SMILES string of the molecule is CSc1ccc(-n2cc(-c3cc(F)cc(CN)c3)cn2)cc1. The molecule has 1 heterocycles. The van der Waals surface area contributed by atoms with E-state index in [2.05, 4.69) is 17.2 Å². The lowest BCUT2D eigenvalue weighted by Gasteiger charge is -2.03. The van der Waals surface area contributed by atoms with E-state index in [9.17, 15) is 4.39 Å². The molecule has 0 aliphatic heterocycles. The summed E-state index contributed by atoms with van der Waals surface area (Å²) >= 11 is 1.70. The van der Waals surface area contributed by atoms with Crippen molar-refractivity contribution in [3.63, 3.8) is 0 Å². The van der Waals surface area contributed by atoms with Gasteiger partial charge in [0.05, 0.1) is 11.9 Å². The molecule has 0 aliphatic rings. The van der Waals surface area contributed by atoms with Crippen LogP contribution in [-0.4, -0.2) is 16.0 Å². The van der Waals surface area contributed by atoms with Crippen molar-refractivity contribution in [1.29, 1.82) is 0 Å². The van der Waals surface area contributed by atoms with Gasteiger partial charge >= 0.3 is 0 Å². The number of thioether (sulfide) groups is 1. The Morgan fingerprint density at radius 3 is 2.59 bits per heavy atom. The first kappa shape index (κ1) is 14.8. The van der Waals surface area contributed by atoms with Crippen LogP contribution in [0, 0.1) is 5.82 Å². The zero-order valence-electron chi connectivity index (χ0n) is 12.2. The lowest BCUT2D eigenvalue weighted by molar-refractivity contribution is 0.626. The summed E-state index contributed by atoms with van der Waals surface area (Å²) in [6.45, 7) is 0.315. The Hall–Kier alpha value is -2.11. The van der Waals surface area contributed by atoms with Gasteiger partial charge in [0.2, 0.25) is 0 Å². The Morgan fingerprint density at radius 1 is 1.14 bits per heavy atom. The highest BCUT2D eigenvalue weighted by Gasteiger charge is 2.06. The molecule has 2 N–H and O–H groups in total. The van der Waals surface area contributed by atoms with Gasteiger partial charge in [-0.05, 0) is 59.8 Å². The number of nitrogens with two attached hydrogens (primary N) is 1. The number of hydrogen-bond acceptors (Lipinski definition) is 3. The fraction of sp³-hybridized carbons (Fsp3) is 0.118. The monoisotopic (exact) mass is 313 g/mol. The van der Waals surface area contributed by atoms with Crippen LogP contribution in [0.25, 0.3) is 16.8 Å². The predicted molar refractivity (Wildman–Crippen MR) is 88.6 cm³/mol. The normalized spacial score (nSPS) is 10.9. The van der Waals surface area contributed by atoms with Crippen LogP contribution in [-0.2, 0) is 6.54 Å².